The SMILES string of the molecule is CCOCC=NOCC. The summed E-state index contributed by atoms with van der Waals surface area (Å²) in [6.45, 7) is 5.70. The van der Waals surface area contributed by atoms with Crippen molar-refractivity contribution in [3.63, 3.8) is 0 Å². The fourth-order valence-corrected chi connectivity index (χ4v) is 0.328. The van der Waals surface area contributed by atoms with Crippen LogP contribution >= 0.6 is 0 Å². The molecule has 0 aliphatic rings. The van der Waals surface area contributed by atoms with Crippen molar-refractivity contribution in [2.45, 2.75) is 13.8 Å². The average molecular weight is 131 g/mol. The quantitative estimate of drug-likeness (QED) is 0.317. The number of hydrogen-bond acceptors (Lipinski definition) is 3. The first-order valence-corrected chi connectivity index (χ1v) is 3.13. The minimum absolute atomic E-state index is 0.538. The molecule has 0 aromatic heterocycles. The minimum Gasteiger partial charge on any atom is -0.396 e. The van der Waals surface area contributed by atoms with Gasteiger partial charge in [0.1, 0.15) is 6.61 Å². The van der Waals surface area contributed by atoms with Crippen LogP contribution in [0.3, 0.4) is 0 Å². The molecule has 0 saturated heterocycles. The molecular weight excluding hydrogens is 118 g/mol. The van der Waals surface area contributed by atoms with Gasteiger partial charge in [0.25, 0.3) is 0 Å². The van der Waals surface area contributed by atoms with Crippen LogP contribution in [-0.4, -0.2) is 26.0 Å². The average Bonchev–Trinajstić information content (AvgIpc) is 1.89. The maximum Gasteiger partial charge on any atom is 0.114 e. The lowest BCUT2D eigenvalue weighted by atomic mass is 10.8. The van der Waals surface area contributed by atoms with Gasteiger partial charge >= 0.3 is 0 Å². The first-order chi connectivity index (χ1) is 4.41. The van der Waals surface area contributed by atoms with Gasteiger partial charge in [0.05, 0.1) is 12.8 Å². The van der Waals surface area contributed by atoms with Crippen molar-refractivity contribution in [2.75, 3.05) is 19.8 Å². The van der Waals surface area contributed by atoms with Crippen LogP contribution in [0.4, 0.5) is 0 Å². The van der Waals surface area contributed by atoms with E-state index in [0.29, 0.717) is 13.2 Å². The molecule has 0 spiro atoms. The molecule has 0 N–H and O–H groups in total. The first kappa shape index (κ1) is 8.43. The van der Waals surface area contributed by atoms with Crippen molar-refractivity contribution in [3.8, 4) is 0 Å². The number of nitrogens with zero attached hydrogens (tertiary/aromatic N) is 1. The highest BCUT2D eigenvalue weighted by Crippen LogP contribution is 1.72. The predicted octanol–water partition coefficient (Wildman–Crippen LogP) is 1.05. The Morgan fingerprint density at radius 3 is 2.67 bits per heavy atom. The van der Waals surface area contributed by atoms with E-state index in [1.807, 2.05) is 13.8 Å². The monoisotopic (exact) mass is 131 g/mol. The zero-order valence-corrected chi connectivity index (χ0v) is 5.96. The van der Waals surface area contributed by atoms with Gasteiger partial charge in [-0.3, -0.25) is 0 Å². The van der Waals surface area contributed by atoms with Crippen molar-refractivity contribution in [2.24, 2.45) is 5.16 Å². The topological polar surface area (TPSA) is 30.8 Å². The summed E-state index contributed by atoms with van der Waals surface area (Å²) in [5.74, 6) is 0. The molecule has 9 heavy (non-hydrogen) atoms. The second kappa shape index (κ2) is 7.43. The van der Waals surface area contributed by atoms with Crippen LogP contribution in [0.2, 0.25) is 0 Å². The Morgan fingerprint density at radius 1 is 1.33 bits per heavy atom. The number of hydrogen-bond donors (Lipinski definition) is 0. The van der Waals surface area contributed by atoms with Gasteiger partial charge in [0.15, 0.2) is 0 Å². The van der Waals surface area contributed by atoms with Crippen LogP contribution in [-0.2, 0) is 9.57 Å². The minimum atomic E-state index is 0.538. The highest BCUT2D eigenvalue weighted by atomic mass is 16.6. The number of rotatable bonds is 5. The summed E-state index contributed by atoms with van der Waals surface area (Å²) in [7, 11) is 0. The summed E-state index contributed by atoms with van der Waals surface area (Å²) in [5.41, 5.74) is 0. The van der Waals surface area contributed by atoms with Gasteiger partial charge in [-0.2, -0.15) is 0 Å². The van der Waals surface area contributed by atoms with Crippen LogP contribution in [0.25, 0.3) is 0 Å². The lowest BCUT2D eigenvalue weighted by Crippen LogP contribution is -1.94. The molecule has 0 radical (unpaired) electrons. The second-order valence-electron chi connectivity index (χ2n) is 1.37. The van der Waals surface area contributed by atoms with Crippen LogP contribution in [0, 0.1) is 0 Å². The third-order valence-electron chi connectivity index (χ3n) is 0.675. The third kappa shape index (κ3) is 7.43. The van der Waals surface area contributed by atoms with Crippen molar-refractivity contribution < 1.29 is 9.57 Å². The Morgan fingerprint density at radius 2 is 2.11 bits per heavy atom. The maximum absolute atomic E-state index is 4.95. The smallest absolute Gasteiger partial charge is 0.114 e. The molecule has 0 aromatic carbocycles. The molecule has 54 valence electrons. The first-order valence-electron chi connectivity index (χ1n) is 3.13. The van der Waals surface area contributed by atoms with Gasteiger partial charge in [-0.1, -0.05) is 5.16 Å². The fourth-order valence-electron chi connectivity index (χ4n) is 0.328. The van der Waals surface area contributed by atoms with E-state index in [0.717, 1.165) is 6.61 Å². The largest absolute Gasteiger partial charge is 0.396 e. The van der Waals surface area contributed by atoms with Crippen molar-refractivity contribution in [1.29, 1.82) is 0 Å². The van der Waals surface area contributed by atoms with Gasteiger partial charge in [-0.15, -0.1) is 0 Å². The van der Waals surface area contributed by atoms with Crippen molar-refractivity contribution in [1.82, 2.24) is 0 Å². The Hall–Kier alpha value is -0.570. The highest BCUT2D eigenvalue weighted by Gasteiger charge is 1.75. The van der Waals surface area contributed by atoms with Crippen LogP contribution < -0.4 is 0 Å². The molecule has 0 amide bonds. The molecule has 0 fully saturated rings. The lowest BCUT2D eigenvalue weighted by molar-refractivity contribution is 0.151. The molecule has 0 unspecified atom stereocenters. The molecule has 0 bridgehead atoms. The number of ether oxygens (including phenoxy) is 1. The van der Waals surface area contributed by atoms with E-state index in [1.165, 1.54) is 0 Å². The summed E-state index contributed by atoms with van der Waals surface area (Å²) < 4.78 is 4.95. The summed E-state index contributed by atoms with van der Waals surface area (Å²) in [6, 6.07) is 0. The zero-order chi connectivity index (χ0) is 6.95. The molecule has 0 aliphatic carbocycles. The molecule has 0 rings (SSSR count). The van der Waals surface area contributed by atoms with Gasteiger partial charge < -0.3 is 9.57 Å². The summed E-state index contributed by atoms with van der Waals surface area (Å²) >= 11 is 0. The molecule has 3 nitrogen and oxygen atoms in total. The van der Waals surface area contributed by atoms with Crippen LogP contribution in [0.15, 0.2) is 5.16 Å². The van der Waals surface area contributed by atoms with E-state index in [1.54, 1.807) is 6.21 Å². The summed E-state index contributed by atoms with van der Waals surface area (Å²) in [5, 5.41) is 3.58. The van der Waals surface area contributed by atoms with Crippen molar-refractivity contribution in [3.05, 3.63) is 0 Å². The van der Waals surface area contributed by atoms with Crippen LogP contribution in [0.1, 0.15) is 13.8 Å². The molecule has 0 heterocycles. The molecule has 3 heteroatoms. The predicted molar refractivity (Wildman–Crippen MR) is 36.6 cm³/mol. The molecule has 0 saturated carbocycles. The van der Waals surface area contributed by atoms with E-state index in [4.69, 9.17) is 4.74 Å². The standard InChI is InChI=1S/C6H13NO2/c1-3-8-6-5-7-9-4-2/h5H,3-4,6H2,1-2H3. The summed E-state index contributed by atoms with van der Waals surface area (Å²) in [4.78, 5) is 4.67. The summed E-state index contributed by atoms with van der Waals surface area (Å²) in [6.07, 6.45) is 1.60. The zero-order valence-electron chi connectivity index (χ0n) is 5.96. The lowest BCUT2D eigenvalue weighted by Gasteiger charge is -1.92. The van der Waals surface area contributed by atoms with Gasteiger partial charge in [0, 0.05) is 6.61 Å². The normalized spacial score (nSPS) is 10.4. The molecular formula is C6H13NO2. The van der Waals surface area contributed by atoms with Gasteiger partial charge in [-0.05, 0) is 13.8 Å². The van der Waals surface area contributed by atoms with Gasteiger partial charge in [0.2, 0.25) is 0 Å². The Labute approximate surface area is 55.6 Å². The van der Waals surface area contributed by atoms with Crippen molar-refractivity contribution >= 4 is 6.21 Å². The van der Waals surface area contributed by atoms with Gasteiger partial charge in [-0.25, -0.2) is 0 Å². The van der Waals surface area contributed by atoms with E-state index in [2.05, 4.69) is 9.99 Å². The highest BCUT2D eigenvalue weighted by molar-refractivity contribution is 5.57. The third-order valence-corrected chi connectivity index (χ3v) is 0.675. The molecule has 0 aromatic rings. The number of oxime groups is 1. The van der Waals surface area contributed by atoms with E-state index in [-0.39, 0.29) is 0 Å². The van der Waals surface area contributed by atoms with Crippen LogP contribution in [0.5, 0.6) is 0 Å². The Bertz CT molecular complexity index is 73.5. The van der Waals surface area contributed by atoms with E-state index in [9.17, 15) is 0 Å². The Kier molecular flexibility index (Phi) is 6.96. The van der Waals surface area contributed by atoms with E-state index < -0.39 is 0 Å². The molecule has 0 atom stereocenters. The Balaban J connectivity index is 2.86. The fraction of sp³-hybridized carbons (Fsp3) is 0.833. The maximum atomic E-state index is 4.95. The molecule has 0 aliphatic heterocycles. The second-order valence-corrected chi connectivity index (χ2v) is 1.37. The van der Waals surface area contributed by atoms with E-state index >= 15 is 0 Å².